The van der Waals surface area contributed by atoms with E-state index in [1.54, 1.807) is 21.7 Å². The molecular formula is C19H22FN3O3. The predicted octanol–water partition coefficient (Wildman–Crippen LogP) is 1.94. The van der Waals surface area contributed by atoms with Gasteiger partial charge in [0, 0.05) is 24.7 Å². The van der Waals surface area contributed by atoms with Crippen molar-refractivity contribution in [3.05, 3.63) is 48.0 Å². The van der Waals surface area contributed by atoms with Crippen LogP contribution in [-0.2, 0) is 11.3 Å². The molecule has 6 nitrogen and oxygen atoms in total. The number of aromatic nitrogens is 2. The van der Waals surface area contributed by atoms with Gasteiger partial charge in [0.15, 0.2) is 0 Å². The molecule has 1 atom stereocenters. The third-order valence-electron chi connectivity index (χ3n) is 4.94. The molecule has 2 heterocycles. The summed E-state index contributed by atoms with van der Waals surface area (Å²) in [6.45, 7) is 0.873. The summed E-state index contributed by atoms with van der Waals surface area (Å²) < 4.78 is 20.4. The summed E-state index contributed by atoms with van der Waals surface area (Å²) >= 11 is 0. The minimum Gasteiger partial charge on any atom is -0.490 e. The Morgan fingerprint density at radius 3 is 3.00 bits per heavy atom. The average molecular weight is 359 g/mol. The highest BCUT2D eigenvalue weighted by atomic mass is 19.1. The van der Waals surface area contributed by atoms with Crippen LogP contribution in [0.2, 0.25) is 0 Å². The number of amides is 1. The van der Waals surface area contributed by atoms with Crippen LogP contribution in [0.4, 0.5) is 4.39 Å². The van der Waals surface area contributed by atoms with E-state index in [4.69, 9.17) is 4.74 Å². The lowest BCUT2D eigenvalue weighted by Gasteiger charge is -2.23. The third kappa shape index (κ3) is 3.88. The van der Waals surface area contributed by atoms with E-state index in [0.29, 0.717) is 24.6 Å². The van der Waals surface area contributed by atoms with Crippen molar-refractivity contribution < 1.29 is 19.0 Å². The molecule has 2 fully saturated rings. The molecule has 1 aromatic heterocycles. The van der Waals surface area contributed by atoms with E-state index in [1.165, 1.54) is 25.0 Å². The number of carbonyl (C=O) groups excluding carboxylic acids is 1. The Kier molecular flexibility index (Phi) is 4.40. The van der Waals surface area contributed by atoms with Gasteiger partial charge in [-0.05, 0) is 37.5 Å². The average Bonchev–Trinajstić information content (AvgIpc) is 3.24. The zero-order valence-electron chi connectivity index (χ0n) is 14.5. The van der Waals surface area contributed by atoms with Crippen LogP contribution < -0.4 is 4.74 Å². The Morgan fingerprint density at radius 2 is 2.23 bits per heavy atom. The normalized spacial score (nSPS) is 22.6. The lowest BCUT2D eigenvalue weighted by molar-refractivity contribution is -0.132. The van der Waals surface area contributed by atoms with E-state index in [9.17, 15) is 14.3 Å². The van der Waals surface area contributed by atoms with Gasteiger partial charge < -0.3 is 14.7 Å². The SMILES string of the molecule is O=C(Cn1ccc(C2CC2)n1)N1CC[C@](O)(COc2cccc(F)c2)C1. The van der Waals surface area contributed by atoms with E-state index in [-0.39, 0.29) is 31.4 Å². The van der Waals surface area contributed by atoms with Crippen molar-refractivity contribution in [3.8, 4) is 5.75 Å². The molecule has 138 valence electrons. The van der Waals surface area contributed by atoms with Crippen LogP contribution in [-0.4, -0.2) is 51.0 Å². The number of ether oxygens (including phenoxy) is 1. The number of aliphatic hydroxyl groups is 1. The minimum atomic E-state index is -1.12. The highest BCUT2D eigenvalue weighted by Crippen LogP contribution is 2.38. The topological polar surface area (TPSA) is 67.6 Å². The molecule has 0 radical (unpaired) electrons. The Balaban J connectivity index is 1.30. The third-order valence-corrected chi connectivity index (χ3v) is 4.94. The fraction of sp³-hybridized carbons (Fsp3) is 0.474. The maximum atomic E-state index is 13.2. The lowest BCUT2D eigenvalue weighted by atomic mass is 10.1. The van der Waals surface area contributed by atoms with Crippen molar-refractivity contribution in [1.29, 1.82) is 0 Å². The number of β-amino-alcohol motifs (C(OH)–C–C–N with tert-alkyl or cyclic N) is 1. The molecule has 0 spiro atoms. The van der Waals surface area contributed by atoms with Crippen molar-refractivity contribution in [2.45, 2.75) is 37.3 Å². The van der Waals surface area contributed by atoms with Gasteiger partial charge in [-0.25, -0.2) is 4.39 Å². The molecule has 1 saturated heterocycles. The first-order valence-corrected chi connectivity index (χ1v) is 8.93. The van der Waals surface area contributed by atoms with Crippen LogP contribution >= 0.6 is 0 Å². The molecule has 2 aromatic rings. The van der Waals surface area contributed by atoms with Crippen LogP contribution in [0.1, 0.15) is 30.9 Å². The zero-order valence-corrected chi connectivity index (χ0v) is 14.5. The first-order valence-electron chi connectivity index (χ1n) is 8.93. The second-order valence-corrected chi connectivity index (χ2v) is 7.25. The number of rotatable bonds is 6. The van der Waals surface area contributed by atoms with Gasteiger partial charge in [0.1, 0.15) is 30.3 Å². The fourth-order valence-electron chi connectivity index (χ4n) is 3.26. The summed E-state index contributed by atoms with van der Waals surface area (Å²) in [5, 5.41) is 15.1. The van der Waals surface area contributed by atoms with Crippen LogP contribution in [0.5, 0.6) is 5.75 Å². The summed E-state index contributed by atoms with van der Waals surface area (Å²) in [6, 6.07) is 7.77. The molecule has 1 saturated carbocycles. The molecular weight excluding hydrogens is 337 g/mol. The summed E-state index contributed by atoms with van der Waals surface area (Å²) in [5.74, 6) is 0.468. The van der Waals surface area contributed by atoms with Crippen LogP contribution in [0.25, 0.3) is 0 Å². The monoisotopic (exact) mass is 359 g/mol. The minimum absolute atomic E-state index is 0.0217. The van der Waals surface area contributed by atoms with Gasteiger partial charge in [-0.2, -0.15) is 5.10 Å². The van der Waals surface area contributed by atoms with Crippen molar-refractivity contribution in [3.63, 3.8) is 0 Å². The molecule has 1 amide bonds. The highest BCUT2D eigenvalue weighted by molar-refractivity contribution is 5.76. The number of benzene rings is 1. The Labute approximate surface area is 151 Å². The zero-order chi connectivity index (χ0) is 18.1. The predicted molar refractivity (Wildman–Crippen MR) is 92.2 cm³/mol. The molecule has 7 heteroatoms. The number of hydrogen-bond acceptors (Lipinski definition) is 4. The summed E-state index contributed by atoms with van der Waals surface area (Å²) in [6.07, 6.45) is 4.62. The standard InChI is InChI=1S/C19H22FN3O3/c20-15-2-1-3-16(10-15)26-13-19(25)7-9-22(12-19)18(24)11-23-8-6-17(21-23)14-4-5-14/h1-3,6,8,10,14,25H,4-5,7,9,11-13H2/t19-/m1/s1. The Bertz CT molecular complexity index is 805. The van der Waals surface area contributed by atoms with Gasteiger partial charge in [-0.3, -0.25) is 9.48 Å². The van der Waals surface area contributed by atoms with Crippen LogP contribution in [0, 0.1) is 5.82 Å². The highest BCUT2D eigenvalue weighted by Gasteiger charge is 2.39. The molecule has 1 aromatic carbocycles. The molecule has 1 aliphatic heterocycles. The second-order valence-electron chi connectivity index (χ2n) is 7.25. The van der Waals surface area contributed by atoms with Gasteiger partial charge in [0.2, 0.25) is 5.91 Å². The van der Waals surface area contributed by atoms with E-state index in [0.717, 1.165) is 5.69 Å². The largest absolute Gasteiger partial charge is 0.490 e. The van der Waals surface area contributed by atoms with Gasteiger partial charge in [0.25, 0.3) is 0 Å². The van der Waals surface area contributed by atoms with Crippen molar-refractivity contribution >= 4 is 5.91 Å². The van der Waals surface area contributed by atoms with Crippen LogP contribution in [0.15, 0.2) is 36.5 Å². The summed E-state index contributed by atoms with van der Waals surface area (Å²) in [7, 11) is 0. The molecule has 0 bridgehead atoms. The van der Waals surface area contributed by atoms with Gasteiger partial charge in [-0.15, -0.1) is 0 Å². The summed E-state index contributed by atoms with van der Waals surface area (Å²) in [5.41, 5.74) is -0.0649. The first-order chi connectivity index (χ1) is 12.5. The van der Waals surface area contributed by atoms with Crippen molar-refractivity contribution in [2.24, 2.45) is 0 Å². The molecule has 1 N–H and O–H groups in total. The lowest BCUT2D eigenvalue weighted by Crippen LogP contribution is -2.41. The quantitative estimate of drug-likeness (QED) is 0.856. The van der Waals surface area contributed by atoms with E-state index in [1.807, 2.05) is 12.3 Å². The van der Waals surface area contributed by atoms with Crippen molar-refractivity contribution in [2.75, 3.05) is 19.7 Å². The fourth-order valence-corrected chi connectivity index (χ4v) is 3.26. The van der Waals surface area contributed by atoms with E-state index >= 15 is 0 Å². The number of halogens is 1. The summed E-state index contributed by atoms with van der Waals surface area (Å²) in [4.78, 5) is 14.1. The van der Waals surface area contributed by atoms with Gasteiger partial charge >= 0.3 is 0 Å². The first kappa shape index (κ1) is 17.0. The van der Waals surface area contributed by atoms with Gasteiger partial charge in [-0.1, -0.05) is 6.07 Å². The number of carbonyl (C=O) groups is 1. The number of nitrogens with zero attached hydrogens (tertiary/aromatic N) is 3. The number of likely N-dealkylation sites (tertiary alicyclic amines) is 1. The van der Waals surface area contributed by atoms with E-state index in [2.05, 4.69) is 5.10 Å². The van der Waals surface area contributed by atoms with Gasteiger partial charge in [0.05, 0.1) is 12.2 Å². The molecule has 4 rings (SSSR count). The van der Waals surface area contributed by atoms with Crippen LogP contribution in [0.3, 0.4) is 0 Å². The molecule has 0 unspecified atom stereocenters. The molecule has 1 aliphatic carbocycles. The second kappa shape index (κ2) is 6.72. The smallest absolute Gasteiger partial charge is 0.244 e. The number of hydrogen-bond donors (Lipinski definition) is 1. The molecule has 26 heavy (non-hydrogen) atoms. The molecule has 2 aliphatic rings. The van der Waals surface area contributed by atoms with E-state index < -0.39 is 5.60 Å². The maximum Gasteiger partial charge on any atom is 0.244 e. The Morgan fingerprint density at radius 1 is 1.38 bits per heavy atom. The van der Waals surface area contributed by atoms with Crippen molar-refractivity contribution in [1.82, 2.24) is 14.7 Å². The maximum absolute atomic E-state index is 13.2. The Hall–Kier alpha value is -2.41.